The van der Waals surface area contributed by atoms with Gasteiger partial charge in [0.15, 0.2) is 5.78 Å². The number of carbonyl (C=O) groups is 1. The third-order valence-electron chi connectivity index (χ3n) is 5.61. The van der Waals surface area contributed by atoms with Crippen LogP contribution < -0.4 is 5.32 Å². The smallest absolute Gasteiger partial charge is 0.396 e. The number of hydrogen-bond acceptors (Lipinski definition) is 5. The molecule has 0 unspecified atom stereocenters. The molecule has 35 heavy (non-hydrogen) atoms. The highest BCUT2D eigenvalue weighted by Crippen LogP contribution is 2.31. The summed E-state index contributed by atoms with van der Waals surface area (Å²) in [6.45, 7) is 3.63. The first kappa shape index (κ1) is 24.2. The fraction of sp³-hybridized carbons (Fsp3) is 0.192. The number of rotatable bonds is 7. The third kappa shape index (κ3) is 5.41. The number of nitrogens with zero attached hydrogens (tertiary/aromatic N) is 3. The van der Waals surface area contributed by atoms with E-state index in [1.165, 1.54) is 12.1 Å². The van der Waals surface area contributed by atoms with Gasteiger partial charge >= 0.3 is 6.18 Å². The van der Waals surface area contributed by atoms with Gasteiger partial charge in [-0.15, -0.1) is 5.10 Å². The summed E-state index contributed by atoms with van der Waals surface area (Å²) in [5, 5.41) is 20.2. The molecule has 0 atom stereocenters. The molecule has 9 heteroatoms. The predicted molar refractivity (Wildman–Crippen MR) is 126 cm³/mol. The summed E-state index contributed by atoms with van der Waals surface area (Å²) in [6.07, 6.45) is -2.28. The van der Waals surface area contributed by atoms with Crippen molar-refractivity contribution in [2.75, 3.05) is 11.9 Å². The van der Waals surface area contributed by atoms with E-state index < -0.39 is 11.7 Å². The molecule has 180 valence electrons. The van der Waals surface area contributed by atoms with Crippen LogP contribution in [-0.4, -0.2) is 32.5 Å². The Morgan fingerprint density at radius 2 is 1.66 bits per heavy atom. The van der Waals surface area contributed by atoms with Crippen LogP contribution in [0.15, 0.2) is 66.9 Å². The van der Waals surface area contributed by atoms with Gasteiger partial charge in [-0.2, -0.15) is 13.2 Å². The monoisotopic (exact) mass is 480 g/mol. The number of aryl methyl sites for hydroxylation is 2. The summed E-state index contributed by atoms with van der Waals surface area (Å²) in [4.78, 5) is 13.4. The van der Waals surface area contributed by atoms with Crippen molar-refractivity contribution in [2.24, 2.45) is 0 Å². The largest absolute Gasteiger partial charge is 0.416 e. The molecule has 0 amide bonds. The highest BCUT2D eigenvalue weighted by Gasteiger charge is 2.29. The number of nitrogens with one attached hydrogen (secondary N) is 1. The molecular weight excluding hydrogens is 457 g/mol. The van der Waals surface area contributed by atoms with Crippen molar-refractivity contribution in [3.8, 4) is 5.69 Å². The number of halogens is 3. The standard InChI is InChI=1S/C26H23F3N4O2/c1-16-3-9-22(33-15-21(11-12-34)31-32-33)14-24(16)25(35)23-10-8-20(13-17(23)2)30-19-6-4-18(5-7-19)26(27,28)29/h3-10,13-15,30,34H,11-12H2,1-2H3. The predicted octanol–water partition coefficient (Wildman–Crippen LogP) is 5.41. The lowest BCUT2D eigenvalue weighted by molar-refractivity contribution is -0.137. The number of aliphatic hydroxyl groups excluding tert-OH is 1. The molecular formula is C26H23F3N4O2. The lowest BCUT2D eigenvalue weighted by Gasteiger charge is -2.13. The maximum atomic E-state index is 13.4. The Bertz CT molecular complexity index is 1360. The first-order valence-electron chi connectivity index (χ1n) is 10.9. The van der Waals surface area contributed by atoms with Crippen molar-refractivity contribution in [3.05, 3.63) is 100 Å². The molecule has 0 bridgehead atoms. The minimum atomic E-state index is -4.39. The fourth-order valence-electron chi connectivity index (χ4n) is 3.70. The Morgan fingerprint density at radius 3 is 2.31 bits per heavy atom. The second-order valence-electron chi connectivity index (χ2n) is 8.19. The summed E-state index contributed by atoms with van der Waals surface area (Å²) in [7, 11) is 0. The van der Waals surface area contributed by atoms with E-state index in [2.05, 4.69) is 15.6 Å². The van der Waals surface area contributed by atoms with Crippen molar-refractivity contribution in [1.82, 2.24) is 15.0 Å². The number of benzene rings is 3. The van der Waals surface area contributed by atoms with Gasteiger partial charge in [-0.25, -0.2) is 4.68 Å². The van der Waals surface area contributed by atoms with E-state index in [0.717, 1.165) is 23.3 Å². The Kier molecular flexibility index (Phi) is 6.70. The summed E-state index contributed by atoms with van der Waals surface area (Å²) in [6, 6.07) is 15.4. The van der Waals surface area contributed by atoms with Crippen LogP contribution >= 0.6 is 0 Å². The van der Waals surface area contributed by atoms with Crippen molar-refractivity contribution in [1.29, 1.82) is 0 Å². The maximum absolute atomic E-state index is 13.4. The molecule has 4 aromatic rings. The summed E-state index contributed by atoms with van der Waals surface area (Å²) >= 11 is 0. The number of carbonyl (C=O) groups excluding carboxylic acids is 1. The van der Waals surface area contributed by atoms with Crippen molar-refractivity contribution >= 4 is 17.2 Å². The topological polar surface area (TPSA) is 80.0 Å². The quantitative estimate of drug-likeness (QED) is 0.346. The van der Waals surface area contributed by atoms with Gasteiger partial charge in [-0.3, -0.25) is 4.79 Å². The first-order valence-corrected chi connectivity index (χ1v) is 10.9. The Balaban J connectivity index is 1.56. The maximum Gasteiger partial charge on any atom is 0.416 e. The van der Waals surface area contributed by atoms with E-state index in [4.69, 9.17) is 5.11 Å². The summed E-state index contributed by atoms with van der Waals surface area (Å²) in [5.74, 6) is -0.154. The van der Waals surface area contributed by atoms with E-state index in [9.17, 15) is 18.0 Å². The molecule has 3 aromatic carbocycles. The minimum absolute atomic E-state index is 0.0284. The highest BCUT2D eigenvalue weighted by atomic mass is 19.4. The SMILES string of the molecule is Cc1cc(Nc2ccc(C(F)(F)F)cc2)ccc1C(=O)c1cc(-n2cc(CCO)nn2)ccc1C. The highest BCUT2D eigenvalue weighted by molar-refractivity contribution is 6.11. The minimum Gasteiger partial charge on any atom is -0.396 e. The molecule has 0 aliphatic carbocycles. The van der Waals surface area contributed by atoms with Gasteiger partial charge in [0.1, 0.15) is 0 Å². The Labute approximate surface area is 200 Å². The van der Waals surface area contributed by atoms with Crippen LogP contribution in [-0.2, 0) is 12.6 Å². The molecule has 0 spiro atoms. The number of aromatic nitrogens is 3. The zero-order chi connectivity index (χ0) is 25.2. The lowest BCUT2D eigenvalue weighted by atomic mass is 9.95. The second-order valence-corrected chi connectivity index (χ2v) is 8.19. The zero-order valence-electron chi connectivity index (χ0n) is 19.1. The molecule has 0 saturated heterocycles. The molecule has 2 N–H and O–H groups in total. The van der Waals surface area contributed by atoms with Crippen LogP contribution in [0, 0.1) is 13.8 Å². The first-order chi connectivity index (χ1) is 16.7. The van der Waals surface area contributed by atoms with Crippen LogP contribution in [0.5, 0.6) is 0 Å². The fourth-order valence-corrected chi connectivity index (χ4v) is 3.70. The third-order valence-corrected chi connectivity index (χ3v) is 5.61. The average molecular weight is 480 g/mol. The Morgan fingerprint density at radius 1 is 0.943 bits per heavy atom. The van der Waals surface area contributed by atoms with Crippen LogP contribution in [0.1, 0.15) is 38.3 Å². The molecule has 0 aliphatic heterocycles. The van der Waals surface area contributed by atoms with Gasteiger partial charge in [-0.1, -0.05) is 11.3 Å². The number of ketones is 1. The van der Waals surface area contributed by atoms with E-state index >= 15 is 0 Å². The number of alkyl halides is 3. The van der Waals surface area contributed by atoms with Gasteiger partial charge in [0.2, 0.25) is 0 Å². The van der Waals surface area contributed by atoms with Gasteiger partial charge < -0.3 is 10.4 Å². The van der Waals surface area contributed by atoms with E-state index in [0.29, 0.717) is 40.3 Å². The molecule has 6 nitrogen and oxygen atoms in total. The van der Waals surface area contributed by atoms with Crippen LogP contribution in [0.3, 0.4) is 0 Å². The number of hydrogen-bond donors (Lipinski definition) is 2. The zero-order valence-corrected chi connectivity index (χ0v) is 19.1. The molecule has 0 aliphatic rings. The van der Waals surface area contributed by atoms with Gasteiger partial charge in [0.05, 0.1) is 23.1 Å². The van der Waals surface area contributed by atoms with Gasteiger partial charge in [0.25, 0.3) is 0 Å². The number of aliphatic hydroxyl groups is 1. The molecule has 4 rings (SSSR count). The normalized spacial score (nSPS) is 11.5. The molecule has 1 heterocycles. The van der Waals surface area contributed by atoms with Crippen molar-refractivity contribution in [3.63, 3.8) is 0 Å². The molecule has 0 radical (unpaired) electrons. The van der Waals surface area contributed by atoms with Gasteiger partial charge in [-0.05, 0) is 79.6 Å². The van der Waals surface area contributed by atoms with E-state index in [1.54, 1.807) is 35.1 Å². The van der Waals surface area contributed by atoms with Crippen LogP contribution in [0.2, 0.25) is 0 Å². The van der Waals surface area contributed by atoms with E-state index in [1.807, 2.05) is 26.0 Å². The summed E-state index contributed by atoms with van der Waals surface area (Å²) < 4.78 is 39.9. The van der Waals surface area contributed by atoms with Crippen LogP contribution in [0.25, 0.3) is 5.69 Å². The van der Waals surface area contributed by atoms with Crippen LogP contribution in [0.4, 0.5) is 24.5 Å². The average Bonchev–Trinajstić information content (AvgIpc) is 3.28. The van der Waals surface area contributed by atoms with Crippen molar-refractivity contribution < 1.29 is 23.1 Å². The van der Waals surface area contributed by atoms with Gasteiger partial charge in [0, 0.05) is 35.5 Å². The number of anilines is 2. The molecule has 0 fully saturated rings. The molecule has 0 saturated carbocycles. The summed E-state index contributed by atoms with van der Waals surface area (Å²) in [5.41, 5.74) is 4.34. The van der Waals surface area contributed by atoms with Crippen molar-refractivity contribution in [2.45, 2.75) is 26.4 Å². The molecule has 1 aromatic heterocycles. The lowest BCUT2D eigenvalue weighted by Crippen LogP contribution is -2.08. The Hall–Kier alpha value is -3.98. The second kappa shape index (κ2) is 9.71. The van der Waals surface area contributed by atoms with E-state index in [-0.39, 0.29) is 12.4 Å².